The van der Waals surface area contributed by atoms with Gasteiger partial charge in [-0.3, -0.25) is 0 Å². The molecule has 4 heteroatoms. The molecule has 0 saturated heterocycles. The lowest BCUT2D eigenvalue weighted by molar-refractivity contribution is 0.473. The molecule has 0 aliphatic heterocycles. The summed E-state index contributed by atoms with van der Waals surface area (Å²) in [7, 11) is 0. The SMILES string of the molecule is NCC1(Cc2c(F)ccc(Br)c2F)CC1. The Balaban J connectivity index is 2.31. The van der Waals surface area contributed by atoms with Crippen LogP contribution in [0.4, 0.5) is 8.78 Å². The summed E-state index contributed by atoms with van der Waals surface area (Å²) in [6, 6.07) is 2.67. The van der Waals surface area contributed by atoms with E-state index in [1.165, 1.54) is 12.1 Å². The van der Waals surface area contributed by atoms with Crippen molar-refractivity contribution in [1.29, 1.82) is 0 Å². The van der Waals surface area contributed by atoms with E-state index in [-0.39, 0.29) is 11.0 Å². The molecule has 0 radical (unpaired) electrons. The van der Waals surface area contributed by atoms with Crippen molar-refractivity contribution < 1.29 is 8.78 Å². The summed E-state index contributed by atoms with van der Waals surface area (Å²) in [6.07, 6.45) is 2.34. The topological polar surface area (TPSA) is 26.0 Å². The van der Waals surface area contributed by atoms with Gasteiger partial charge < -0.3 is 5.73 Å². The van der Waals surface area contributed by atoms with E-state index in [0.717, 1.165) is 12.8 Å². The molecule has 0 aromatic heterocycles. The lowest BCUT2D eigenvalue weighted by Crippen LogP contribution is -2.19. The number of rotatable bonds is 3. The quantitative estimate of drug-likeness (QED) is 0.844. The minimum Gasteiger partial charge on any atom is -0.330 e. The molecule has 1 aromatic rings. The van der Waals surface area contributed by atoms with Gasteiger partial charge in [-0.25, -0.2) is 8.78 Å². The summed E-state index contributed by atoms with van der Waals surface area (Å²) in [5.41, 5.74) is 5.70. The highest BCUT2D eigenvalue weighted by atomic mass is 79.9. The molecule has 1 aliphatic carbocycles. The Hall–Kier alpha value is -0.480. The highest BCUT2D eigenvalue weighted by Gasteiger charge is 2.42. The highest BCUT2D eigenvalue weighted by molar-refractivity contribution is 9.10. The second kappa shape index (κ2) is 3.83. The van der Waals surface area contributed by atoms with Crippen LogP contribution in [-0.2, 0) is 6.42 Å². The number of benzene rings is 1. The maximum absolute atomic E-state index is 13.6. The van der Waals surface area contributed by atoms with Gasteiger partial charge in [0.15, 0.2) is 0 Å². The number of hydrogen-bond donors (Lipinski definition) is 1. The first kappa shape index (κ1) is 11.0. The molecule has 0 spiro atoms. The van der Waals surface area contributed by atoms with Crippen LogP contribution in [0.25, 0.3) is 0 Å². The zero-order valence-electron chi connectivity index (χ0n) is 8.19. The fourth-order valence-electron chi connectivity index (χ4n) is 1.74. The Kier molecular flexibility index (Phi) is 2.81. The summed E-state index contributed by atoms with van der Waals surface area (Å²) >= 11 is 3.06. The van der Waals surface area contributed by atoms with E-state index in [9.17, 15) is 8.78 Å². The van der Waals surface area contributed by atoms with Gasteiger partial charge in [-0.2, -0.15) is 0 Å². The molecule has 0 atom stereocenters. The Labute approximate surface area is 95.8 Å². The molecule has 2 rings (SSSR count). The predicted octanol–water partition coefficient (Wildman–Crippen LogP) is 3.01. The van der Waals surface area contributed by atoms with Gasteiger partial charge >= 0.3 is 0 Å². The first-order chi connectivity index (χ1) is 7.08. The van der Waals surface area contributed by atoms with E-state index in [0.29, 0.717) is 17.4 Å². The van der Waals surface area contributed by atoms with Crippen LogP contribution < -0.4 is 5.73 Å². The van der Waals surface area contributed by atoms with Gasteiger partial charge in [-0.15, -0.1) is 0 Å². The molecule has 2 N–H and O–H groups in total. The van der Waals surface area contributed by atoms with E-state index in [2.05, 4.69) is 15.9 Å². The third-order valence-electron chi connectivity index (χ3n) is 3.08. The lowest BCUT2D eigenvalue weighted by Gasteiger charge is -2.13. The van der Waals surface area contributed by atoms with Crippen molar-refractivity contribution in [3.8, 4) is 0 Å². The smallest absolute Gasteiger partial charge is 0.143 e. The average Bonchev–Trinajstić information content (AvgIpc) is 3.00. The summed E-state index contributed by atoms with van der Waals surface area (Å²) in [4.78, 5) is 0. The third-order valence-corrected chi connectivity index (χ3v) is 3.69. The third kappa shape index (κ3) is 2.06. The first-order valence-electron chi connectivity index (χ1n) is 4.90. The van der Waals surface area contributed by atoms with Crippen molar-refractivity contribution in [2.24, 2.45) is 11.1 Å². The molecule has 0 heterocycles. The van der Waals surface area contributed by atoms with Crippen molar-refractivity contribution >= 4 is 15.9 Å². The zero-order chi connectivity index (χ0) is 11.1. The molecule has 1 saturated carbocycles. The van der Waals surface area contributed by atoms with Crippen LogP contribution in [0.15, 0.2) is 16.6 Å². The fourth-order valence-corrected chi connectivity index (χ4v) is 2.11. The van der Waals surface area contributed by atoms with E-state index < -0.39 is 11.6 Å². The van der Waals surface area contributed by atoms with Crippen LogP contribution in [-0.4, -0.2) is 6.54 Å². The first-order valence-corrected chi connectivity index (χ1v) is 5.70. The number of hydrogen-bond acceptors (Lipinski definition) is 1. The van der Waals surface area contributed by atoms with Crippen molar-refractivity contribution in [1.82, 2.24) is 0 Å². The highest BCUT2D eigenvalue weighted by Crippen LogP contribution is 2.48. The zero-order valence-corrected chi connectivity index (χ0v) is 9.78. The van der Waals surface area contributed by atoms with E-state index in [1.54, 1.807) is 0 Å². The lowest BCUT2D eigenvalue weighted by atomic mass is 9.96. The fraction of sp³-hybridized carbons (Fsp3) is 0.455. The van der Waals surface area contributed by atoms with Gasteiger partial charge in [-0.05, 0) is 59.3 Å². The van der Waals surface area contributed by atoms with Gasteiger partial charge in [0.1, 0.15) is 11.6 Å². The van der Waals surface area contributed by atoms with Gasteiger partial charge in [0.25, 0.3) is 0 Å². The Morgan fingerprint density at radius 3 is 2.53 bits per heavy atom. The second-order valence-electron chi connectivity index (χ2n) is 4.20. The summed E-state index contributed by atoms with van der Waals surface area (Å²) in [5.74, 6) is -0.967. The van der Waals surface area contributed by atoms with Crippen LogP contribution >= 0.6 is 15.9 Å². The van der Waals surface area contributed by atoms with Crippen molar-refractivity contribution in [3.63, 3.8) is 0 Å². The molecular weight excluding hydrogens is 264 g/mol. The molecule has 0 bridgehead atoms. The Bertz CT molecular complexity index is 388. The molecule has 1 nitrogen and oxygen atoms in total. The van der Waals surface area contributed by atoms with Crippen LogP contribution in [0.1, 0.15) is 18.4 Å². The minimum absolute atomic E-state index is 0.0531. The average molecular weight is 276 g/mol. The largest absolute Gasteiger partial charge is 0.330 e. The van der Waals surface area contributed by atoms with Crippen LogP contribution in [0.2, 0.25) is 0 Å². The molecule has 0 unspecified atom stereocenters. The molecule has 1 fully saturated rings. The Morgan fingerprint density at radius 1 is 1.33 bits per heavy atom. The van der Waals surface area contributed by atoms with E-state index in [4.69, 9.17) is 5.73 Å². The molecule has 0 amide bonds. The maximum Gasteiger partial charge on any atom is 0.143 e. The van der Waals surface area contributed by atoms with E-state index >= 15 is 0 Å². The Morgan fingerprint density at radius 2 is 2.00 bits per heavy atom. The summed E-state index contributed by atoms with van der Waals surface area (Å²) in [6.45, 7) is 0.498. The molecule has 15 heavy (non-hydrogen) atoms. The summed E-state index contributed by atoms with van der Waals surface area (Å²) in [5, 5.41) is 0. The molecular formula is C11H12BrF2N. The minimum atomic E-state index is -0.491. The summed E-state index contributed by atoms with van der Waals surface area (Å²) < 4.78 is 27.4. The van der Waals surface area contributed by atoms with Gasteiger partial charge in [0.2, 0.25) is 0 Å². The van der Waals surface area contributed by atoms with Crippen LogP contribution in [0.5, 0.6) is 0 Å². The monoisotopic (exact) mass is 275 g/mol. The maximum atomic E-state index is 13.6. The van der Waals surface area contributed by atoms with Crippen molar-refractivity contribution in [3.05, 3.63) is 33.8 Å². The van der Waals surface area contributed by atoms with E-state index in [1.807, 2.05) is 0 Å². The number of halogens is 3. The molecule has 1 aliphatic rings. The molecule has 82 valence electrons. The molecule has 1 aromatic carbocycles. The van der Waals surface area contributed by atoms with Gasteiger partial charge in [0.05, 0.1) is 4.47 Å². The van der Waals surface area contributed by atoms with Crippen LogP contribution in [0, 0.1) is 17.0 Å². The van der Waals surface area contributed by atoms with Crippen molar-refractivity contribution in [2.75, 3.05) is 6.54 Å². The predicted molar refractivity (Wildman–Crippen MR) is 58.5 cm³/mol. The number of nitrogens with two attached hydrogens (primary N) is 1. The van der Waals surface area contributed by atoms with Gasteiger partial charge in [0, 0.05) is 5.56 Å². The van der Waals surface area contributed by atoms with Gasteiger partial charge in [-0.1, -0.05) is 0 Å². The van der Waals surface area contributed by atoms with Crippen molar-refractivity contribution in [2.45, 2.75) is 19.3 Å². The normalized spacial score (nSPS) is 17.9. The second-order valence-corrected chi connectivity index (χ2v) is 5.06. The van der Waals surface area contributed by atoms with Crippen LogP contribution in [0.3, 0.4) is 0 Å². The standard InChI is InChI=1S/C11H12BrF2N/c12-8-1-2-9(13)7(10(8)14)5-11(6-15)3-4-11/h1-2H,3-6,15H2.